The molecule has 3 aromatic carbocycles. The number of thioether (sulfide) groups is 1. The Balaban J connectivity index is 1.81. The molecular formula is C33H35ClN4O6S. The highest BCUT2D eigenvalue weighted by Crippen LogP contribution is 2.41. The molecule has 2 amide bonds. The number of carbonyl (C=O) groups is 2. The summed E-state index contributed by atoms with van der Waals surface area (Å²) in [5, 5.41) is 3.99. The monoisotopic (exact) mass is 650 g/mol. The second-order valence-electron chi connectivity index (χ2n) is 9.95. The van der Waals surface area contributed by atoms with Crippen LogP contribution in [0.25, 0.3) is 0 Å². The van der Waals surface area contributed by atoms with Crippen LogP contribution in [0.1, 0.15) is 28.6 Å². The van der Waals surface area contributed by atoms with E-state index in [0.717, 1.165) is 17.0 Å². The molecule has 0 saturated heterocycles. The van der Waals surface area contributed by atoms with E-state index in [1.54, 1.807) is 55.6 Å². The molecule has 1 heterocycles. The lowest BCUT2D eigenvalue weighted by Gasteiger charge is -2.32. The summed E-state index contributed by atoms with van der Waals surface area (Å²) in [4.78, 5) is 38.9. The van der Waals surface area contributed by atoms with Crippen LogP contribution in [0, 0.1) is 13.8 Å². The van der Waals surface area contributed by atoms with E-state index in [9.17, 15) is 9.59 Å². The van der Waals surface area contributed by atoms with Crippen molar-refractivity contribution in [3.63, 3.8) is 0 Å². The van der Waals surface area contributed by atoms with Crippen molar-refractivity contribution < 1.29 is 28.5 Å². The maximum absolute atomic E-state index is 14.3. The standard InChI is InChI=1S/C33H35ClN4O6S/c1-20-15-21(2)36-33(35-20)45-19-29(39)38(18-22-7-9-24(34)10-8-22)30(32(40)37-25-11-13-26(41-3)14-12-25)23-16-27(42-4)31(44-6)28(17-23)43-5/h7-17,30H,18-19H2,1-6H3,(H,37,40). The molecule has 1 unspecified atom stereocenters. The van der Waals surface area contributed by atoms with Crippen LogP contribution >= 0.6 is 23.4 Å². The number of halogens is 1. The highest BCUT2D eigenvalue weighted by Gasteiger charge is 2.34. The summed E-state index contributed by atoms with van der Waals surface area (Å²) in [7, 11) is 6.04. The lowest BCUT2D eigenvalue weighted by molar-refractivity contribution is -0.137. The van der Waals surface area contributed by atoms with Gasteiger partial charge in [0.25, 0.3) is 5.91 Å². The Morgan fingerprint density at radius 3 is 1.98 bits per heavy atom. The molecule has 1 N–H and O–H groups in total. The number of methoxy groups -OCH3 is 4. The van der Waals surface area contributed by atoms with Gasteiger partial charge in [0, 0.05) is 28.6 Å². The van der Waals surface area contributed by atoms with Crippen LogP contribution < -0.4 is 24.3 Å². The normalized spacial score (nSPS) is 11.4. The van der Waals surface area contributed by atoms with Crippen molar-refractivity contribution >= 4 is 40.9 Å². The van der Waals surface area contributed by atoms with Crippen molar-refractivity contribution in [2.24, 2.45) is 0 Å². The number of hydrogen-bond acceptors (Lipinski definition) is 9. The van der Waals surface area contributed by atoms with Crippen LogP contribution in [-0.2, 0) is 16.1 Å². The van der Waals surface area contributed by atoms with Gasteiger partial charge in [-0.3, -0.25) is 9.59 Å². The van der Waals surface area contributed by atoms with Crippen molar-refractivity contribution in [1.82, 2.24) is 14.9 Å². The summed E-state index contributed by atoms with van der Waals surface area (Å²) in [6, 6.07) is 18.1. The predicted molar refractivity (Wildman–Crippen MR) is 175 cm³/mol. The molecule has 0 fully saturated rings. The van der Waals surface area contributed by atoms with Gasteiger partial charge in [-0.25, -0.2) is 9.97 Å². The Labute approximate surface area is 272 Å². The van der Waals surface area contributed by atoms with Gasteiger partial charge in [-0.1, -0.05) is 35.5 Å². The smallest absolute Gasteiger partial charge is 0.251 e. The van der Waals surface area contributed by atoms with Crippen molar-refractivity contribution in [2.45, 2.75) is 31.6 Å². The number of aryl methyl sites for hydroxylation is 2. The second-order valence-corrected chi connectivity index (χ2v) is 11.3. The van der Waals surface area contributed by atoms with E-state index >= 15 is 0 Å². The summed E-state index contributed by atoms with van der Waals surface area (Å²) in [6.07, 6.45) is 0. The van der Waals surface area contributed by atoms with Gasteiger partial charge in [-0.2, -0.15) is 0 Å². The number of rotatable bonds is 13. The lowest BCUT2D eigenvalue weighted by atomic mass is 10.0. The van der Waals surface area contributed by atoms with E-state index in [-0.39, 0.29) is 18.2 Å². The van der Waals surface area contributed by atoms with Gasteiger partial charge in [0.1, 0.15) is 11.8 Å². The van der Waals surface area contributed by atoms with E-state index < -0.39 is 11.9 Å². The number of carbonyl (C=O) groups excluding carboxylic acids is 2. The fourth-order valence-electron chi connectivity index (χ4n) is 4.69. The molecule has 236 valence electrons. The fraction of sp³-hybridized carbons (Fsp3) is 0.273. The Kier molecular flexibility index (Phi) is 11.5. The first-order chi connectivity index (χ1) is 21.6. The zero-order valence-corrected chi connectivity index (χ0v) is 27.5. The summed E-state index contributed by atoms with van der Waals surface area (Å²) in [5.74, 6) is 0.881. The average Bonchev–Trinajstić information content (AvgIpc) is 3.03. The molecule has 0 saturated carbocycles. The number of ether oxygens (including phenoxy) is 4. The number of aromatic nitrogens is 2. The Bertz CT molecular complexity index is 1590. The molecule has 10 nitrogen and oxygen atoms in total. The van der Waals surface area contributed by atoms with E-state index in [1.807, 2.05) is 32.0 Å². The highest BCUT2D eigenvalue weighted by atomic mass is 35.5. The Morgan fingerprint density at radius 2 is 1.44 bits per heavy atom. The minimum Gasteiger partial charge on any atom is -0.497 e. The molecular weight excluding hydrogens is 616 g/mol. The van der Waals surface area contributed by atoms with Crippen LogP contribution in [0.4, 0.5) is 5.69 Å². The Morgan fingerprint density at radius 1 is 0.844 bits per heavy atom. The molecule has 12 heteroatoms. The van der Waals surface area contributed by atoms with E-state index in [4.69, 9.17) is 30.5 Å². The number of nitrogens with one attached hydrogen (secondary N) is 1. The van der Waals surface area contributed by atoms with Crippen LogP contribution in [-0.4, -0.2) is 60.9 Å². The zero-order valence-electron chi connectivity index (χ0n) is 25.9. The van der Waals surface area contributed by atoms with Gasteiger partial charge < -0.3 is 29.2 Å². The molecule has 1 aromatic heterocycles. The third-order valence-corrected chi connectivity index (χ3v) is 7.88. The maximum atomic E-state index is 14.3. The third kappa shape index (κ3) is 8.58. The summed E-state index contributed by atoms with van der Waals surface area (Å²) in [5.41, 5.74) is 3.34. The number of benzene rings is 3. The number of amides is 2. The molecule has 0 aliphatic heterocycles. The Hall–Kier alpha value is -4.48. The van der Waals surface area contributed by atoms with Crippen molar-refractivity contribution in [1.29, 1.82) is 0 Å². The third-order valence-electron chi connectivity index (χ3n) is 6.79. The van der Waals surface area contributed by atoms with E-state index in [2.05, 4.69) is 15.3 Å². The molecule has 45 heavy (non-hydrogen) atoms. The highest BCUT2D eigenvalue weighted by molar-refractivity contribution is 7.99. The largest absolute Gasteiger partial charge is 0.497 e. The topological polar surface area (TPSA) is 112 Å². The van der Waals surface area contributed by atoms with Crippen LogP contribution in [0.5, 0.6) is 23.0 Å². The molecule has 0 spiro atoms. The van der Waals surface area contributed by atoms with Gasteiger partial charge >= 0.3 is 0 Å². The molecule has 4 rings (SSSR count). The predicted octanol–water partition coefficient (Wildman–Crippen LogP) is 6.28. The lowest BCUT2D eigenvalue weighted by Crippen LogP contribution is -2.42. The summed E-state index contributed by atoms with van der Waals surface area (Å²) in [6.45, 7) is 3.84. The molecule has 0 radical (unpaired) electrons. The summed E-state index contributed by atoms with van der Waals surface area (Å²) < 4.78 is 22.0. The van der Waals surface area contributed by atoms with Crippen molar-refractivity contribution in [2.75, 3.05) is 39.5 Å². The number of hydrogen-bond donors (Lipinski definition) is 1. The summed E-state index contributed by atoms with van der Waals surface area (Å²) >= 11 is 7.36. The minimum absolute atomic E-state index is 0.0206. The average molecular weight is 651 g/mol. The van der Waals surface area contributed by atoms with Gasteiger partial charge in [0.15, 0.2) is 16.7 Å². The van der Waals surface area contributed by atoms with Crippen molar-refractivity contribution in [3.8, 4) is 23.0 Å². The SMILES string of the molecule is COc1ccc(NC(=O)C(c2cc(OC)c(OC)c(OC)c2)N(Cc2ccc(Cl)cc2)C(=O)CSc2nc(C)cc(C)n2)cc1. The number of nitrogens with zero attached hydrogens (tertiary/aromatic N) is 3. The molecule has 1 atom stereocenters. The van der Waals surface area contributed by atoms with E-state index in [0.29, 0.717) is 44.4 Å². The zero-order chi connectivity index (χ0) is 32.5. The van der Waals surface area contributed by atoms with Crippen LogP contribution in [0.15, 0.2) is 71.9 Å². The molecule has 4 aromatic rings. The maximum Gasteiger partial charge on any atom is 0.251 e. The fourth-order valence-corrected chi connectivity index (χ4v) is 5.66. The van der Waals surface area contributed by atoms with Crippen LogP contribution in [0.3, 0.4) is 0 Å². The first kappa shape index (κ1) is 33.4. The minimum atomic E-state index is -1.12. The van der Waals surface area contributed by atoms with Crippen LogP contribution in [0.2, 0.25) is 5.02 Å². The van der Waals surface area contributed by atoms with Gasteiger partial charge in [0.05, 0.1) is 34.2 Å². The molecule has 0 aliphatic carbocycles. The first-order valence-electron chi connectivity index (χ1n) is 13.9. The molecule has 0 aliphatic rings. The second kappa shape index (κ2) is 15.5. The van der Waals surface area contributed by atoms with Gasteiger partial charge in [-0.05, 0) is 79.6 Å². The van der Waals surface area contributed by atoms with Gasteiger partial charge in [0.2, 0.25) is 11.7 Å². The first-order valence-corrected chi connectivity index (χ1v) is 15.3. The quantitative estimate of drug-likeness (QED) is 0.132. The van der Waals surface area contributed by atoms with Gasteiger partial charge in [-0.15, -0.1) is 0 Å². The number of anilines is 1. The van der Waals surface area contributed by atoms with E-state index in [1.165, 1.54) is 38.0 Å². The van der Waals surface area contributed by atoms with Crippen molar-refractivity contribution in [3.05, 3.63) is 94.3 Å². The molecule has 0 bridgehead atoms.